The number of carbonyl (C=O) groups excluding carboxylic acids is 1. The molecule has 0 heterocycles. The van der Waals surface area contributed by atoms with Crippen molar-refractivity contribution in [2.45, 2.75) is 19.8 Å². The normalized spacial score (nSPS) is 10.4. The lowest BCUT2D eigenvalue weighted by atomic mass is 10.2. The molecule has 0 aliphatic carbocycles. The predicted octanol–water partition coefficient (Wildman–Crippen LogP) is 1.93. The molecule has 0 radical (unpaired) electrons. The van der Waals surface area contributed by atoms with Gasteiger partial charge in [0.2, 0.25) is 5.91 Å². The Kier molecular flexibility index (Phi) is 9.24. The van der Waals surface area contributed by atoms with Gasteiger partial charge in [-0.1, -0.05) is 17.7 Å². The van der Waals surface area contributed by atoms with Crippen LogP contribution in [-0.2, 0) is 14.3 Å². The minimum Gasteiger partial charge on any atom is -0.491 e. The molecule has 0 aliphatic heterocycles. The lowest BCUT2D eigenvalue weighted by molar-refractivity contribution is -0.121. The number of rotatable bonds is 11. The maximum Gasteiger partial charge on any atom is 0.222 e. The van der Waals surface area contributed by atoms with Gasteiger partial charge < -0.3 is 19.5 Å². The number of nitrogens with one attached hydrogen (secondary N) is 1. The molecule has 0 atom stereocenters. The largest absolute Gasteiger partial charge is 0.491 e. The summed E-state index contributed by atoms with van der Waals surface area (Å²) in [6, 6.07) is 7.95. The molecule has 0 fully saturated rings. The topological polar surface area (TPSA) is 56.8 Å². The summed E-state index contributed by atoms with van der Waals surface area (Å²) >= 11 is 0. The van der Waals surface area contributed by atoms with Crippen molar-refractivity contribution in [3.05, 3.63) is 29.8 Å². The van der Waals surface area contributed by atoms with Crippen LogP contribution < -0.4 is 10.1 Å². The molecule has 0 spiro atoms. The SMILES string of the molecule is CNC(=O)CCOCCCOCCOc1ccc(C)cc1. The van der Waals surface area contributed by atoms with Crippen LogP contribution in [-0.4, -0.2) is 46.0 Å². The van der Waals surface area contributed by atoms with Crippen molar-refractivity contribution in [3.63, 3.8) is 0 Å². The van der Waals surface area contributed by atoms with Crippen molar-refractivity contribution < 1.29 is 19.0 Å². The molecule has 1 aromatic carbocycles. The molecule has 0 aliphatic rings. The van der Waals surface area contributed by atoms with E-state index in [1.807, 2.05) is 31.2 Å². The molecule has 0 unspecified atom stereocenters. The van der Waals surface area contributed by atoms with Gasteiger partial charge in [0.25, 0.3) is 0 Å². The quantitative estimate of drug-likeness (QED) is 0.634. The second kappa shape index (κ2) is 11.1. The Morgan fingerprint density at radius 1 is 1.00 bits per heavy atom. The molecular formula is C16H25NO4. The van der Waals surface area contributed by atoms with E-state index in [2.05, 4.69) is 5.32 Å². The average Bonchev–Trinajstić information content (AvgIpc) is 2.50. The summed E-state index contributed by atoms with van der Waals surface area (Å²) in [6.07, 6.45) is 1.22. The molecule has 0 aromatic heterocycles. The zero-order valence-electron chi connectivity index (χ0n) is 12.9. The molecule has 21 heavy (non-hydrogen) atoms. The average molecular weight is 295 g/mol. The summed E-state index contributed by atoms with van der Waals surface area (Å²) in [5.41, 5.74) is 1.22. The first-order valence-corrected chi connectivity index (χ1v) is 7.28. The van der Waals surface area contributed by atoms with Gasteiger partial charge in [-0.05, 0) is 25.5 Å². The molecule has 5 nitrogen and oxygen atoms in total. The van der Waals surface area contributed by atoms with E-state index < -0.39 is 0 Å². The third-order valence-corrected chi connectivity index (χ3v) is 2.85. The first-order chi connectivity index (χ1) is 10.2. The van der Waals surface area contributed by atoms with Gasteiger partial charge in [0, 0.05) is 26.7 Å². The van der Waals surface area contributed by atoms with Gasteiger partial charge >= 0.3 is 0 Å². The van der Waals surface area contributed by atoms with E-state index in [4.69, 9.17) is 14.2 Å². The van der Waals surface area contributed by atoms with Crippen LogP contribution in [0.3, 0.4) is 0 Å². The van der Waals surface area contributed by atoms with E-state index in [1.54, 1.807) is 7.05 Å². The third kappa shape index (κ3) is 9.05. The van der Waals surface area contributed by atoms with E-state index in [0.29, 0.717) is 39.5 Å². The van der Waals surface area contributed by atoms with Crippen LogP contribution in [0.15, 0.2) is 24.3 Å². The molecule has 1 N–H and O–H groups in total. The Morgan fingerprint density at radius 2 is 1.67 bits per heavy atom. The highest BCUT2D eigenvalue weighted by atomic mass is 16.5. The highest BCUT2D eigenvalue weighted by molar-refractivity contribution is 5.75. The highest BCUT2D eigenvalue weighted by Crippen LogP contribution is 2.10. The van der Waals surface area contributed by atoms with Gasteiger partial charge in [0.15, 0.2) is 0 Å². The zero-order valence-corrected chi connectivity index (χ0v) is 12.9. The van der Waals surface area contributed by atoms with Gasteiger partial charge in [-0.15, -0.1) is 0 Å². The first-order valence-electron chi connectivity index (χ1n) is 7.28. The number of ether oxygens (including phenoxy) is 3. The molecule has 5 heteroatoms. The Morgan fingerprint density at radius 3 is 2.33 bits per heavy atom. The molecule has 0 bridgehead atoms. The Balaban J connectivity index is 1.86. The molecule has 1 amide bonds. The molecular weight excluding hydrogens is 270 g/mol. The lowest BCUT2D eigenvalue weighted by Crippen LogP contribution is -2.19. The fraction of sp³-hybridized carbons (Fsp3) is 0.562. The van der Waals surface area contributed by atoms with E-state index in [-0.39, 0.29) is 5.91 Å². The molecule has 0 saturated heterocycles. The Hall–Kier alpha value is -1.59. The number of amides is 1. The smallest absolute Gasteiger partial charge is 0.222 e. The van der Waals surface area contributed by atoms with E-state index in [9.17, 15) is 4.79 Å². The lowest BCUT2D eigenvalue weighted by Gasteiger charge is -2.08. The number of hydrogen-bond acceptors (Lipinski definition) is 4. The van der Waals surface area contributed by atoms with Crippen molar-refractivity contribution in [2.75, 3.05) is 40.1 Å². The van der Waals surface area contributed by atoms with Crippen molar-refractivity contribution >= 4 is 5.91 Å². The molecule has 1 aromatic rings. The van der Waals surface area contributed by atoms with Crippen LogP contribution in [0.2, 0.25) is 0 Å². The minimum atomic E-state index is -0.000459. The number of benzene rings is 1. The zero-order chi connectivity index (χ0) is 15.3. The summed E-state index contributed by atoms with van der Waals surface area (Å²) in [5, 5.41) is 2.55. The van der Waals surface area contributed by atoms with E-state index in [0.717, 1.165) is 12.2 Å². The number of hydrogen-bond donors (Lipinski definition) is 1. The third-order valence-electron chi connectivity index (χ3n) is 2.85. The second-order valence-corrected chi connectivity index (χ2v) is 4.66. The van der Waals surface area contributed by atoms with Crippen LogP contribution >= 0.6 is 0 Å². The second-order valence-electron chi connectivity index (χ2n) is 4.66. The van der Waals surface area contributed by atoms with Gasteiger partial charge in [-0.3, -0.25) is 4.79 Å². The molecule has 1 rings (SSSR count). The highest BCUT2D eigenvalue weighted by Gasteiger charge is 1.97. The summed E-state index contributed by atoms with van der Waals surface area (Å²) < 4.78 is 16.3. The van der Waals surface area contributed by atoms with Crippen molar-refractivity contribution in [2.24, 2.45) is 0 Å². The van der Waals surface area contributed by atoms with Gasteiger partial charge in [0.1, 0.15) is 12.4 Å². The van der Waals surface area contributed by atoms with Crippen LogP contribution in [0, 0.1) is 6.92 Å². The van der Waals surface area contributed by atoms with Crippen molar-refractivity contribution in [1.29, 1.82) is 0 Å². The maximum absolute atomic E-state index is 10.9. The van der Waals surface area contributed by atoms with Gasteiger partial charge in [0.05, 0.1) is 13.2 Å². The summed E-state index contributed by atoms with van der Waals surface area (Å²) in [6.45, 7) is 4.85. The number of carbonyl (C=O) groups is 1. The first kappa shape index (κ1) is 17.5. The number of aryl methyl sites for hydroxylation is 1. The fourth-order valence-corrected chi connectivity index (χ4v) is 1.61. The Labute approximate surface area is 126 Å². The molecule has 0 saturated carbocycles. The van der Waals surface area contributed by atoms with Crippen molar-refractivity contribution in [3.8, 4) is 5.75 Å². The standard InChI is InChI=1S/C16H25NO4/c1-14-4-6-15(7-5-14)21-13-12-20-10-3-9-19-11-8-16(18)17-2/h4-7H,3,8-13H2,1-2H3,(H,17,18). The van der Waals surface area contributed by atoms with E-state index >= 15 is 0 Å². The summed E-state index contributed by atoms with van der Waals surface area (Å²) in [5.74, 6) is 0.862. The van der Waals surface area contributed by atoms with Crippen LogP contribution in [0.5, 0.6) is 5.75 Å². The fourth-order valence-electron chi connectivity index (χ4n) is 1.61. The van der Waals surface area contributed by atoms with Crippen LogP contribution in [0.1, 0.15) is 18.4 Å². The minimum absolute atomic E-state index is 0.000459. The van der Waals surface area contributed by atoms with Crippen molar-refractivity contribution in [1.82, 2.24) is 5.32 Å². The predicted molar refractivity (Wildman–Crippen MR) is 81.6 cm³/mol. The molecule has 118 valence electrons. The maximum atomic E-state index is 10.9. The van der Waals surface area contributed by atoms with Crippen LogP contribution in [0.4, 0.5) is 0 Å². The van der Waals surface area contributed by atoms with Gasteiger partial charge in [-0.25, -0.2) is 0 Å². The van der Waals surface area contributed by atoms with E-state index in [1.165, 1.54) is 5.56 Å². The summed E-state index contributed by atoms with van der Waals surface area (Å²) in [4.78, 5) is 10.9. The summed E-state index contributed by atoms with van der Waals surface area (Å²) in [7, 11) is 1.62. The Bertz CT molecular complexity index is 392. The van der Waals surface area contributed by atoms with Gasteiger partial charge in [-0.2, -0.15) is 0 Å². The monoisotopic (exact) mass is 295 g/mol. The van der Waals surface area contributed by atoms with Crippen LogP contribution in [0.25, 0.3) is 0 Å².